The van der Waals surface area contributed by atoms with Crippen molar-refractivity contribution < 1.29 is 4.79 Å². The van der Waals surface area contributed by atoms with Gasteiger partial charge < -0.3 is 10.3 Å². The number of hydrogen-bond donors (Lipinski definition) is 1. The maximum atomic E-state index is 11.2. The standard InChI is InChI=1S/C6H10N4O/c1-4(7)5(11)6-9-8-3-10(6)2/h3-4H,7H2,1-2H3/t4-/m0/s1. The first kappa shape index (κ1) is 7.87. The Morgan fingerprint density at radius 3 is 2.82 bits per heavy atom. The van der Waals surface area contributed by atoms with Crippen molar-refractivity contribution in [3.8, 4) is 0 Å². The second-order valence-corrected chi connectivity index (χ2v) is 2.42. The highest BCUT2D eigenvalue weighted by Crippen LogP contribution is 1.95. The minimum atomic E-state index is -0.516. The molecule has 0 aromatic carbocycles. The molecule has 0 aliphatic heterocycles. The summed E-state index contributed by atoms with van der Waals surface area (Å²) >= 11 is 0. The second-order valence-electron chi connectivity index (χ2n) is 2.42. The van der Waals surface area contributed by atoms with Crippen molar-refractivity contribution in [2.24, 2.45) is 12.8 Å². The highest BCUT2D eigenvalue weighted by molar-refractivity contribution is 5.96. The number of ketones is 1. The topological polar surface area (TPSA) is 73.8 Å². The number of aromatic nitrogens is 3. The van der Waals surface area contributed by atoms with Crippen LogP contribution in [-0.2, 0) is 7.05 Å². The van der Waals surface area contributed by atoms with Crippen LogP contribution in [0.1, 0.15) is 17.5 Å². The number of nitrogens with zero attached hydrogens (tertiary/aromatic N) is 3. The average molecular weight is 154 g/mol. The Labute approximate surface area is 64.2 Å². The van der Waals surface area contributed by atoms with Crippen molar-refractivity contribution in [2.45, 2.75) is 13.0 Å². The second kappa shape index (κ2) is 2.79. The molecule has 1 heterocycles. The summed E-state index contributed by atoms with van der Waals surface area (Å²) in [5.41, 5.74) is 5.37. The fourth-order valence-electron chi connectivity index (χ4n) is 0.710. The van der Waals surface area contributed by atoms with E-state index in [0.717, 1.165) is 0 Å². The lowest BCUT2D eigenvalue weighted by Gasteiger charge is -2.01. The molecule has 0 saturated heterocycles. The Hall–Kier alpha value is -1.23. The molecule has 0 bridgehead atoms. The minimum Gasteiger partial charge on any atom is -0.321 e. The zero-order valence-electron chi connectivity index (χ0n) is 6.48. The van der Waals surface area contributed by atoms with E-state index < -0.39 is 6.04 Å². The summed E-state index contributed by atoms with van der Waals surface area (Å²) in [7, 11) is 1.70. The quantitative estimate of drug-likeness (QED) is 0.574. The molecule has 0 radical (unpaired) electrons. The molecule has 5 nitrogen and oxygen atoms in total. The van der Waals surface area contributed by atoms with Gasteiger partial charge in [0, 0.05) is 7.05 Å². The molecular weight excluding hydrogens is 144 g/mol. The zero-order chi connectivity index (χ0) is 8.43. The van der Waals surface area contributed by atoms with E-state index >= 15 is 0 Å². The smallest absolute Gasteiger partial charge is 0.216 e. The van der Waals surface area contributed by atoms with Crippen LogP contribution in [0.5, 0.6) is 0 Å². The molecule has 1 aromatic rings. The number of aryl methyl sites for hydroxylation is 1. The van der Waals surface area contributed by atoms with E-state index in [4.69, 9.17) is 5.73 Å². The van der Waals surface area contributed by atoms with Gasteiger partial charge in [0.25, 0.3) is 0 Å². The van der Waals surface area contributed by atoms with Gasteiger partial charge in [0.2, 0.25) is 11.6 Å². The first-order chi connectivity index (χ1) is 5.13. The summed E-state index contributed by atoms with van der Waals surface area (Å²) in [5.74, 6) is 0.116. The van der Waals surface area contributed by atoms with Gasteiger partial charge in [-0.25, -0.2) is 0 Å². The van der Waals surface area contributed by atoms with Crippen molar-refractivity contribution >= 4 is 5.78 Å². The normalized spacial score (nSPS) is 13.0. The summed E-state index contributed by atoms with van der Waals surface area (Å²) in [6, 6.07) is -0.516. The average Bonchev–Trinajstić information content (AvgIpc) is 2.33. The predicted octanol–water partition coefficient (Wildman–Crippen LogP) is -0.655. The summed E-state index contributed by atoms with van der Waals surface area (Å²) in [4.78, 5) is 11.2. The van der Waals surface area contributed by atoms with Crippen LogP contribution in [0.25, 0.3) is 0 Å². The third-order valence-electron chi connectivity index (χ3n) is 1.35. The van der Waals surface area contributed by atoms with Gasteiger partial charge in [-0.05, 0) is 6.92 Å². The molecule has 11 heavy (non-hydrogen) atoms. The maximum absolute atomic E-state index is 11.2. The number of hydrogen-bond acceptors (Lipinski definition) is 4. The summed E-state index contributed by atoms with van der Waals surface area (Å²) in [6.45, 7) is 1.62. The predicted molar refractivity (Wildman–Crippen MR) is 39.0 cm³/mol. The van der Waals surface area contributed by atoms with Crippen LogP contribution in [0, 0.1) is 0 Å². The van der Waals surface area contributed by atoms with Crippen LogP contribution in [0.15, 0.2) is 6.33 Å². The molecule has 0 saturated carbocycles. The Balaban J connectivity index is 2.93. The van der Waals surface area contributed by atoms with Crippen LogP contribution < -0.4 is 5.73 Å². The summed E-state index contributed by atoms with van der Waals surface area (Å²) in [6.07, 6.45) is 1.47. The van der Waals surface area contributed by atoms with Gasteiger partial charge in [0.05, 0.1) is 6.04 Å². The highest BCUT2D eigenvalue weighted by Gasteiger charge is 2.15. The Bertz CT molecular complexity index is 265. The van der Waals surface area contributed by atoms with E-state index in [1.165, 1.54) is 6.33 Å². The van der Waals surface area contributed by atoms with Gasteiger partial charge in [-0.2, -0.15) is 0 Å². The van der Waals surface area contributed by atoms with E-state index in [0.29, 0.717) is 5.82 Å². The van der Waals surface area contributed by atoms with Crippen molar-refractivity contribution in [2.75, 3.05) is 0 Å². The lowest BCUT2D eigenvalue weighted by molar-refractivity contribution is 0.0954. The SMILES string of the molecule is C[C@H](N)C(=O)c1nncn1C. The van der Waals surface area contributed by atoms with Crippen LogP contribution in [0.2, 0.25) is 0 Å². The number of carbonyl (C=O) groups excluding carboxylic acids is 1. The van der Waals surface area contributed by atoms with E-state index in [-0.39, 0.29) is 5.78 Å². The van der Waals surface area contributed by atoms with Crippen molar-refractivity contribution in [1.29, 1.82) is 0 Å². The largest absolute Gasteiger partial charge is 0.321 e. The van der Waals surface area contributed by atoms with Gasteiger partial charge in [-0.15, -0.1) is 10.2 Å². The van der Waals surface area contributed by atoms with Crippen LogP contribution in [0.4, 0.5) is 0 Å². The van der Waals surface area contributed by atoms with Crippen LogP contribution >= 0.6 is 0 Å². The molecule has 1 atom stereocenters. The molecule has 0 aliphatic carbocycles. The van der Waals surface area contributed by atoms with Crippen molar-refractivity contribution in [3.63, 3.8) is 0 Å². The molecule has 0 aliphatic rings. The Kier molecular flexibility index (Phi) is 2.00. The molecule has 1 rings (SSSR count). The summed E-state index contributed by atoms with van der Waals surface area (Å²) in [5, 5.41) is 7.18. The van der Waals surface area contributed by atoms with Crippen molar-refractivity contribution in [1.82, 2.24) is 14.8 Å². The third kappa shape index (κ3) is 1.43. The van der Waals surface area contributed by atoms with Gasteiger partial charge in [0.1, 0.15) is 6.33 Å². The van der Waals surface area contributed by atoms with Gasteiger partial charge in [-0.3, -0.25) is 4.79 Å². The molecule has 1 aromatic heterocycles. The van der Waals surface area contributed by atoms with Crippen molar-refractivity contribution in [3.05, 3.63) is 12.2 Å². The number of Topliss-reactive ketones (excluding diaryl/α,β-unsaturated/α-hetero) is 1. The lowest BCUT2D eigenvalue weighted by Crippen LogP contribution is -2.28. The molecule has 0 amide bonds. The monoisotopic (exact) mass is 154 g/mol. The van der Waals surface area contributed by atoms with E-state index in [9.17, 15) is 4.79 Å². The highest BCUT2D eigenvalue weighted by atomic mass is 16.1. The Morgan fingerprint density at radius 1 is 1.82 bits per heavy atom. The molecular formula is C6H10N4O. The molecule has 60 valence electrons. The Morgan fingerprint density at radius 2 is 2.45 bits per heavy atom. The number of carbonyl (C=O) groups is 1. The molecule has 0 unspecified atom stereocenters. The fraction of sp³-hybridized carbons (Fsp3) is 0.500. The first-order valence-electron chi connectivity index (χ1n) is 3.26. The number of rotatable bonds is 2. The molecule has 0 fully saturated rings. The van der Waals surface area contributed by atoms with Gasteiger partial charge in [0.15, 0.2) is 0 Å². The fourth-order valence-corrected chi connectivity index (χ4v) is 0.710. The zero-order valence-corrected chi connectivity index (χ0v) is 6.48. The van der Waals surface area contributed by atoms with Crippen LogP contribution in [-0.4, -0.2) is 26.6 Å². The third-order valence-corrected chi connectivity index (χ3v) is 1.35. The summed E-state index contributed by atoms with van der Waals surface area (Å²) < 4.78 is 1.55. The van der Waals surface area contributed by atoms with Crippen LogP contribution in [0.3, 0.4) is 0 Å². The molecule has 0 spiro atoms. The first-order valence-corrected chi connectivity index (χ1v) is 3.26. The van der Waals surface area contributed by atoms with Gasteiger partial charge >= 0.3 is 0 Å². The minimum absolute atomic E-state index is 0.190. The van der Waals surface area contributed by atoms with E-state index in [2.05, 4.69) is 10.2 Å². The van der Waals surface area contributed by atoms with E-state index in [1.807, 2.05) is 0 Å². The molecule has 2 N–H and O–H groups in total. The lowest BCUT2D eigenvalue weighted by atomic mass is 10.2. The maximum Gasteiger partial charge on any atom is 0.216 e. The number of nitrogens with two attached hydrogens (primary N) is 1. The van der Waals surface area contributed by atoms with E-state index in [1.54, 1.807) is 18.5 Å². The molecule has 5 heteroatoms. The van der Waals surface area contributed by atoms with Gasteiger partial charge in [-0.1, -0.05) is 0 Å².